The lowest BCUT2D eigenvalue weighted by molar-refractivity contribution is -0.116. The molecule has 0 aliphatic rings. The number of anilines is 1. The summed E-state index contributed by atoms with van der Waals surface area (Å²) in [7, 11) is 0. The molecule has 4 aromatic rings. The van der Waals surface area contributed by atoms with E-state index in [9.17, 15) is 14.4 Å². The first-order valence-corrected chi connectivity index (χ1v) is 9.04. The van der Waals surface area contributed by atoms with Crippen molar-refractivity contribution >= 4 is 33.4 Å². The first kappa shape index (κ1) is 17.7. The molecule has 1 amide bonds. The van der Waals surface area contributed by atoms with Gasteiger partial charge in [-0.1, -0.05) is 24.3 Å². The second kappa shape index (κ2) is 7.15. The molecule has 0 aliphatic heterocycles. The third-order valence-corrected chi connectivity index (χ3v) is 4.77. The highest BCUT2D eigenvalue weighted by Gasteiger charge is 2.08. The first-order valence-electron chi connectivity index (χ1n) is 9.04. The van der Waals surface area contributed by atoms with Gasteiger partial charge in [0.1, 0.15) is 0 Å². The van der Waals surface area contributed by atoms with Gasteiger partial charge in [-0.15, -0.1) is 0 Å². The molecule has 0 saturated carbocycles. The molecule has 0 saturated heterocycles. The highest BCUT2D eigenvalue weighted by atomic mass is 16.1. The van der Waals surface area contributed by atoms with Gasteiger partial charge < -0.3 is 15.3 Å². The SMILES string of the molecule is Cc1cc2ccc(NC(=O)CCc3cc4ccccc4[nH]c3=O)cc2[nH]c1=O. The molecule has 28 heavy (non-hydrogen) atoms. The van der Waals surface area contributed by atoms with Gasteiger partial charge in [-0.05, 0) is 54.4 Å². The number of H-pyrrole nitrogens is 2. The van der Waals surface area contributed by atoms with Crippen molar-refractivity contribution < 1.29 is 4.79 Å². The molecule has 0 atom stereocenters. The molecule has 4 rings (SSSR count). The Morgan fingerprint density at radius 1 is 0.893 bits per heavy atom. The van der Waals surface area contributed by atoms with Crippen LogP contribution >= 0.6 is 0 Å². The minimum Gasteiger partial charge on any atom is -0.326 e. The van der Waals surface area contributed by atoms with Gasteiger partial charge in [0.05, 0.1) is 5.52 Å². The summed E-state index contributed by atoms with van der Waals surface area (Å²) >= 11 is 0. The van der Waals surface area contributed by atoms with E-state index in [1.807, 2.05) is 42.5 Å². The normalized spacial score (nSPS) is 11.0. The van der Waals surface area contributed by atoms with Gasteiger partial charge in [0, 0.05) is 28.8 Å². The number of carbonyl (C=O) groups is 1. The van der Waals surface area contributed by atoms with Crippen molar-refractivity contribution in [1.82, 2.24) is 9.97 Å². The van der Waals surface area contributed by atoms with Gasteiger partial charge in [-0.3, -0.25) is 14.4 Å². The Bertz CT molecular complexity index is 1320. The fraction of sp³-hybridized carbons (Fsp3) is 0.136. The van der Waals surface area contributed by atoms with Gasteiger partial charge in [0.15, 0.2) is 0 Å². The number of amides is 1. The molecule has 0 bridgehead atoms. The minimum absolute atomic E-state index is 0.147. The van der Waals surface area contributed by atoms with Crippen LogP contribution in [-0.2, 0) is 11.2 Å². The van der Waals surface area contributed by atoms with Crippen LogP contribution < -0.4 is 16.4 Å². The molecule has 2 aromatic carbocycles. The number of fused-ring (bicyclic) bond motifs is 2. The molecule has 0 spiro atoms. The van der Waals surface area contributed by atoms with Gasteiger partial charge in [-0.25, -0.2) is 0 Å². The molecule has 0 aliphatic carbocycles. The maximum atomic E-state index is 12.3. The van der Waals surface area contributed by atoms with Gasteiger partial charge in [-0.2, -0.15) is 0 Å². The maximum absolute atomic E-state index is 12.3. The Kier molecular flexibility index (Phi) is 4.53. The molecule has 0 unspecified atom stereocenters. The molecule has 0 fully saturated rings. The van der Waals surface area contributed by atoms with E-state index in [4.69, 9.17) is 0 Å². The molecule has 3 N–H and O–H groups in total. The fourth-order valence-electron chi connectivity index (χ4n) is 3.24. The highest BCUT2D eigenvalue weighted by Crippen LogP contribution is 2.17. The summed E-state index contributed by atoms with van der Waals surface area (Å²) < 4.78 is 0. The molecule has 2 aromatic heterocycles. The largest absolute Gasteiger partial charge is 0.326 e. The van der Waals surface area contributed by atoms with E-state index >= 15 is 0 Å². The second-order valence-electron chi connectivity index (χ2n) is 6.84. The van der Waals surface area contributed by atoms with Crippen LogP contribution in [0.2, 0.25) is 0 Å². The monoisotopic (exact) mass is 373 g/mol. The van der Waals surface area contributed by atoms with Crippen LogP contribution in [0.25, 0.3) is 21.8 Å². The summed E-state index contributed by atoms with van der Waals surface area (Å²) in [6, 6.07) is 16.5. The Labute approximate surface area is 160 Å². The maximum Gasteiger partial charge on any atom is 0.251 e. The van der Waals surface area contributed by atoms with Crippen LogP contribution in [0, 0.1) is 6.92 Å². The Morgan fingerprint density at radius 2 is 1.64 bits per heavy atom. The number of carbonyl (C=O) groups excluding carboxylic acids is 1. The van der Waals surface area contributed by atoms with Crippen LogP contribution in [0.3, 0.4) is 0 Å². The summed E-state index contributed by atoms with van der Waals surface area (Å²) in [6.45, 7) is 1.75. The predicted octanol–water partition coefficient (Wildman–Crippen LogP) is 3.25. The molecule has 6 nitrogen and oxygen atoms in total. The van der Waals surface area contributed by atoms with Gasteiger partial charge >= 0.3 is 0 Å². The smallest absolute Gasteiger partial charge is 0.251 e. The van der Waals surface area contributed by atoms with Crippen LogP contribution in [0.15, 0.2) is 64.2 Å². The standard InChI is InChI=1S/C22H19N3O3/c1-13-10-15-6-8-17(12-19(15)25-21(13)27)23-20(26)9-7-16-11-14-4-2-3-5-18(14)24-22(16)28/h2-6,8,10-12H,7,9H2,1H3,(H,23,26)(H,24,28)(H,25,27). The Balaban J connectivity index is 1.48. The lowest BCUT2D eigenvalue weighted by atomic mass is 10.1. The molecule has 140 valence electrons. The van der Waals surface area contributed by atoms with Gasteiger partial charge in [0.2, 0.25) is 5.91 Å². The number of hydrogen-bond donors (Lipinski definition) is 3. The van der Waals surface area contributed by atoms with Crippen molar-refractivity contribution in [3.8, 4) is 0 Å². The van der Waals surface area contributed by atoms with Crippen LogP contribution in [-0.4, -0.2) is 15.9 Å². The Morgan fingerprint density at radius 3 is 2.50 bits per heavy atom. The van der Waals surface area contributed by atoms with E-state index in [0.29, 0.717) is 28.8 Å². The van der Waals surface area contributed by atoms with Crippen LogP contribution in [0.5, 0.6) is 0 Å². The van der Waals surface area contributed by atoms with Crippen molar-refractivity contribution in [2.45, 2.75) is 19.8 Å². The third kappa shape index (κ3) is 3.57. The number of aromatic nitrogens is 2. The highest BCUT2D eigenvalue weighted by molar-refractivity contribution is 5.93. The summed E-state index contributed by atoms with van der Waals surface area (Å²) in [4.78, 5) is 41.9. The number of benzene rings is 2. The quantitative estimate of drug-likeness (QED) is 0.512. The summed E-state index contributed by atoms with van der Waals surface area (Å²) in [5.74, 6) is -0.193. The zero-order valence-corrected chi connectivity index (χ0v) is 15.3. The first-order chi connectivity index (χ1) is 13.5. The number of aryl methyl sites for hydroxylation is 2. The molecular weight excluding hydrogens is 354 g/mol. The number of aromatic amines is 2. The van der Waals surface area contributed by atoms with E-state index in [0.717, 1.165) is 16.3 Å². The number of hydrogen-bond acceptors (Lipinski definition) is 3. The van der Waals surface area contributed by atoms with Crippen molar-refractivity contribution in [1.29, 1.82) is 0 Å². The zero-order valence-electron chi connectivity index (χ0n) is 15.3. The van der Waals surface area contributed by atoms with E-state index in [1.165, 1.54) is 0 Å². The molecule has 0 radical (unpaired) electrons. The zero-order chi connectivity index (χ0) is 19.7. The Hall–Kier alpha value is -3.67. The van der Waals surface area contributed by atoms with Gasteiger partial charge in [0.25, 0.3) is 11.1 Å². The average Bonchev–Trinajstić information content (AvgIpc) is 2.67. The van der Waals surface area contributed by atoms with Crippen LogP contribution in [0.1, 0.15) is 17.5 Å². The van der Waals surface area contributed by atoms with Crippen molar-refractivity contribution in [2.24, 2.45) is 0 Å². The predicted molar refractivity (Wildman–Crippen MR) is 111 cm³/mol. The fourth-order valence-corrected chi connectivity index (χ4v) is 3.24. The average molecular weight is 373 g/mol. The molecule has 6 heteroatoms. The van der Waals surface area contributed by atoms with Crippen molar-refractivity contribution in [3.63, 3.8) is 0 Å². The summed E-state index contributed by atoms with van der Waals surface area (Å²) in [6.07, 6.45) is 0.527. The van der Waals surface area contributed by atoms with Crippen molar-refractivity contribution in [3.05, 3.63) is 86.4 Å². The number of rotatable bonds is 4. The van der Waals surface area contributed by atoms with Crippen molar-refractivity contribution in [2.75, 3.05) is 5.32 Å². The van der Waals surface area contributed by atoms with E-state index < -0.39 is 0 Å². The number of para-hydroxylation sites is 1. The summed E-state index contributed by atoms with van der Waals surface area (Å²) in [5, 5.41) is 4.66. The number of pyridine rings is 2. The second-order valence-corrected chi connectivity index (χ2v) is 6.84. The molecule has 2 heterocycles. The third-order valence-electron chi connectivity index (χ3n) is 4.77. The molecular formula is C22H19N3O3. The number of nitrogens with one attached hydrogen (secondary N) is 3. The lowest BCUT2D eigenvalue weighted by Gasteiger charge is -2.07. The summed E-state index contributed by atoms with van der Waals surface area (Å²) in [5.41, 5.74) is 2.94. The lowest BCUT2D eigenvalue weighted by Crippen LogP contribution is -2.17. The van der Waals surface area contributed by atoms with Crippen LogP contribution in [0.4, 0.5) is 5.69 Å². The van der Waals surface area contributed by atoms with E-state index in [2.05, 4.69) is 15.3 Å². The topological polar surface area (TPSA) is 94.8 Å². The van der Waals surface area contributed by atoms with E-state index in [1.54, 1.807) is 19.1 Å². The minimum atomic E-state index is -0.193. The van der Waals surface area contributed by atoms with E-state index in [-0.39, 0.29) is 23.4 Å².